The highest BCUT2D eigenvalue weighted by molar-refractivity contribution is 5.32. The zero-order valence-electron chi connectivity index (χ0n) is 10.0. The summed E-state index contributed by atoms with van der Waals surface area (Å²) < 4.78 is 0. The van der Waals surface area contributed by atoms with E-state index in [4.69, 9.17) is 0 Å². The van der Waals surface area contributed by atoms with Crippen LogP contribution in [0.1, 0.15) is 57.6 Å². The minimum atomic E-state index is 0.632. The molecule has 1 rings (SSSR count). The van der Waals surface area contributed by atoms with E-state index in [1.165, 1.54) is 11.1 Å². The van der Waals surface area contributed by atoms with Gasteiger partial charge in [0.05, 0.1) is 0 Å². The van der Waals surface area contributed by atoms with Crippen LogP contribution in [0.3, 0.4) is 0 Å². The molecule has 0 fully saturated rings. The third kappa shape index (κ3) is 2.37. The second-order valence-corrected chi connectivity index (χ2v) is 4.82. The van der Waals surface area contributed by atoms with Crippen LogP contribution in [0.15, 0.2) is 24.3 Å². The zero-order valence-corrected chi connectivity index (χ0v) is 10.0. The van der Waals surface area contributed by atoms with Crippen molar-refractivity contribution >= 4 is 0 Å². The van der Waals surface area contributed by atoms with E-state index in [2.05, 4.69) is 58.9 Å². The number of hydrogen-bond acceptors (Lipinski definition) is 0. The summed E-state index contributed by atoms with van der Waals surface area (Å²) in [5, 5.41) is 0. The molecule has 0 N–H and O–H groups in total. The van der Waals surface area contributed by atoms with Crippen LogP contribution in [0.2, 0.25) is 0 Å². The van der Waals surface area contributed by atoms with Crippen LogP contribution >= 0.6 is 0 Å². The first-order chi connectivity index (χ1) is 6.54. The van der Waals surface area contributed by atoms with Crippen LogP contribution < -0.4 is 0 Å². The maximum Gasteiger partial charge on any atom is -0.0164 e. The molecule has 0 heteroatoms. The lowest BCUT2D eigenvalue weighted by Crippen LogP contribution is -2.06. The maximum absolute atomic E-state index is 2.33. The van der Waals surface area contributed by atoms with Crippen molar-refractivity contribution in [2.45, 2.75) is 46.5 Å². The third-order valence-corrected chi connectivity index (χ3v) is 3.11. The van der Waals surface area contributed by atoms with E-state index in [-0.39, 0.29) is 0 Å². The van der Waals surface area contributed by atoms with Gasteiger partial charge in [0.15, 0.2) is 0 Å². The molecule has 0 saturated heterocycles. The second kappa shape index (κ2) is 4.63. The lowest BCUT2D eigenvalue weighted by atomic mass is 9.84. The summed E-state index contributed by atoms with van der Waals surface area (Å²) >= 11 is 0. The molecule has 1 aromatic rings. The molecule has 0 aliphatic rings. The van der Waals surface area contributed by atoms with Gasteiger partial charge >= 0.3 is 0 Å². The molecule has 0 aliphatic carbocycles. The number of rotatable bonds is 3. The number of hydrogen-bond donors (Lipinski definition) is 0. The van der Waals surface area contributed by atoms with Gasteiger partial charge in [-0.05, 0) is 28.9 Å². The molecule has 0 bridgehead atoms. The van der Waals surface area contributed by atoms with Crippen molar-refractivity contribution in [3.63, 3.8) is 0 Å². The molecule has 0 heterocycles. The Balaban J connectivity index is 3.06. The van der Waals surface area contributed by atoms with Crippen molar-refractivity contribution in [1.29, 1.82) is 0 Å². The molecular formula is C14H22. The number of benzene rings is 1. The summed E-state index contributed by atoms with van der Waals surface area (Å²) in [6, 6.07) is 8.84. The van der Waals surface area contributed by atoms with E-state index in [9.17, 15) is 0 Å². The Bertz CT molecular complexity index is 284. The predicted molar refractivity (Wildman–Crippen MR) is 63.8 cm³/mol. The largest absolute Gasteiger partial charge is 0.0622 e. The van der Waals surface area contributed by atoms with Crippen molar-refractivity contribution in [2.24, 2.45) is 5.92 Å². The molecule has 14 heavy (non-hydrogen) atoms. The van der Waals surface area contributed by atoms with Gasteiger partial charge in [-0.1, -0.05) is 58.9 Å². The molecule has 0 aromatic heterocycles. The first kappa shape index (κ1) is 11.3. The molecule has 0 nitrogen and oxygen atoms in total. The molecule has 0 saturated carbocycles. The third-order valence-electron chi connectivity index (χ3n) is 3.11. The van der Waals surface area contributed by atoms with E-state index in [0.717, 1.165) is 5.92 Å². The van der Waals surface area contributed by atoms with Crippen LogP contribution in [0.25, 0.3) is 0 Å². The van der Waals surface area contributed by atoms with E-state index in [1.54, 1.807) is 0 Å². The highest BCUT2D eigenvalue weighted by Gasteiger charge is 2.14. The minimum Gasteiger partial charge on any atom is -0.0622 e. The van der Waals surface area contributed by atoms with Crippen LogP contribution in [0.4, 0.5) is 0 Å². The molecule has 78 valence electrons. The minimum absolute atomic E-state index is 0.632. The van der Waals surface area contributed by atoms with Gasteiger partial charge in [-0.3, -0.25) is 0 Å². The van der Waals surface area contributed by atoms with Crippen LogP contribution in [-0.4, -0.2) is 0 Å². The summed E-state index contributed by atoms with van der Waals surface area (Å²) in [6.45, 7) is 11.5. The van der Waals surface area contributed by atoms with E-state index >= 15 is 0 Å². The Morgan fingerprint density at radius 3 is 1.71 bits per heavy atom. The highest BCUT2D eigenvalue weighted by Crippen LogP contribution is 2.30. The summed E-state index contributed by atoms with van der Waals surface area (Å²) in [5.74, 6) is 2.01. The van der Waals surface area contributed by atoms with Crippen LogP contribution in [0, 0.1) is 5.92 Å². The lowest BCUT2D eigenvalue weighted by Gasteiger charge is -2.21. The molecule has 0 amide bonds. The monoisotopic (exact) mass is 190 g/mol. The molecular weight excluding hydrogens is 168 g/mol. The van der Waals surface area contributed by atoms with Gasteiger partial charge in [0.25, 0.3) is 0 Å². The fourth-order valence-electron chi connectivity index (χ4n) is 1.81. The van der Waals surface area contributed by atoms with Gasteiger partial charge in [-0.2, -0.15) is 0 Å². The highest BCUT2D eigenvalue weighted by atomic mass is 14.2. The smallest absolute Gasteiger partial charge is 0.0164 e. The lowest BCUT2D eigenvalue weighted by molar-refractivity contribution is 0.529. The molecule has 0 aliphatic heterocycles. The Kier molecular flexibility index (Phi) is 3.74. The first-order valence-electron chi connectivity index (χ1n) is 5.62. The van der Waals surface area contributed by atoms with Crippen molar-refractivity contribution < 1.29 is 0 Å². The Labute approximate surface area is 88.4 Å². The van der Waals surface area contributed by atoms with Gasteiger partial charge in [0, 0.05) is 0 Å². The summed E-state index contributed by atoms with van der Waals surface area (Å²) in [7, 11) is 0. The standard InChI is InChI=1S/C14H22/c1-10(2)12(5)14-9-7-6-8-13(14)11(3)4/h6-12H,1-5H3. The summed E-state index contributed by atoms with van der Waals surface area (Å²) in [5.41, 5.74) is 3.03. The van der Waals surface area contributed by atoms with Gasteiger partial charge in [0.2, 0.25) is 0 Å². The Morgan fingerprint density at radius 1 is 0.786 bits per heavy atom. The fraction of sp³-hybridized carbons (Fsp3) is 0.571. The van der Waals surface area contributed by atoms with Gasteiger partial charge < -0.3 is 0 Å². The average molecular weight is 190 g/mol. The fourth-order valence-corrected chi connectivity index (χ4v) is 1.81. The Morgan fingerprint density at radius 2 is 1.29 bits per heavy atom. The van der Waals surface area contributed by atoms with Gasteiger partial charge in [0.1, 0.15) is 0 Å². The van der Waals surface area contributed by atoms with Gasteiger partial charge in [-0.25, -0.2) is 0 Å². The summed E-state index contributed by atoms with van der Waals surface area (Å²) in [6.07, 6.45) is 0. The predicted octanol–water partition coefficient (Wildman–Crippen LogP) is 4.57. The SMILES string of the molecule is CC(C)c1ccccc1C(C)C(C)C. The zero-order chi connectivity index (χ0) is 10.7. The van der Waals surface area contributed by atoms with Crippen LogP contribution in [0.5, 0.6) is 0 Å². The average Bonchev–Trinajstić information content (AvgIpc) is 2.16. The van der Waals surface area contributed by atoms with E-state index < -0.39 is 0 Å². The molecule has 1 atom stereocenters. The second-order valence-electron chi connectivity index (χ2n) is 4.82. The Hall–Kier alpha value is -0.780. The molecule has 0 spiro atoms. The van der Waals surface area contributed by atoms with Crippen LogP contribution in [-0.2, 0) is 0 Å². The van der Waals surface area contributed by atoms with Crippen molar-refractivity contribution in [2.75, 3.05) is 0 Å². The summed E-state index contributed by atoms with van der Waals surface area (Å²) in [4.78, 5) is 0. The van der Waals surface area contributed by atoms with E-state index in [0.29, 0.717) is 11.8 Å². The molecule has 0 radical (unpaired) electrons. The van der Waals surface area contributed by atoms with Crippen molar-refractivity contribution in [3.8, 4) is 0 Å². The normalized spacial score (nSPS) is 13.6. The molecule has 1 aromatic carbocycles. The van der Waals surface area contributed by atoms with Gasteiger partial charge in [-0.15, -0.1) is 0 Å². The molecule has 1 unspecified atom stereocenters. The quantitative estimate of drug-likeness (QED) is 0.655. The van der Waals surface area contributed by atoms with Crippen molar-refractivity contribution in [3.05, 3.63) is 35.4 Å². The van der Waals surface area contributed by atoms with E-state index in [1.807, 2.05) is 0 Å². The first-order valence-corrected chi connectivity index (χ1v) is 5.62. The van der Waals surface area contributed by atoms with Crippen molar-refractivity contribution in [1.82, 2.24) is 0 Å². The topological polar surface area (TPSA) is 0 Å². The maximum atomic E-state index is 2.33.